The summed E-state index contributed by atoms with van der Waals surface area (Å²) in [6, 6.07) is 11.6. The third kappa shape index (κ3) is 18.3. The maximum absolute atomic E-state index is 13.8. The Bertz CT molecular complexity index is 1550. The van der Waals surface area contributed by atoms with Gasteiger partial charge in [0.05, 0.1) is 19.0 Å². The number of hydrogen-bond donors (Lipinski definition) is 8. The van der Waals surface area contributed by atoms with E-state index in [4.69, 9.17) is 16.2 Å². The predicted octanol–water partition coefficient (Wildman–Crippen LogP) is 0.368. The summed E-state index contributed by atoms with van der Waals surface area (Å²) in [6.07, 6.45) is 2.32. The first-order valence-corrected chi connectivity index (χ1v) is 19.5. The van der Waals surface area contributed by atoms with Crippen molar-refractivity contribution in [3.05, 3.63) is 71.8 Å². The summed E-state index contributed by atoms with van der Waals surface area (Å²) in [4.78, 5) is 91.2. The summed E-state index contributed by atoms with van der Waals surface area (Å²) in [5.41, 5.74) is 13.0. The maximum Gasteiger partial charge on any atom is 0.326 e. The largest absolute Gasteiger partial charge is 0.480 e. The number of benzene rings is 2. The number of carbonyl (C=O) groups excluding carboxylic acids is 6. The standard InChI is InChI=1S/C38H55N7O9S/c1-24(2)19-29(36(50)43-28(38(52)53)16-18-55-3)42-32(46)22-41-35(49)31(21-33(47)54-23-26-13-8-5-9-14-26)45-37(51)30(20-25-11-6-4-7-12-25)44-34(48)27(40)15-10-17-39/h4-9,11-14,24,27-31H,10,15-23,39-40H2,1-3H3,(H,41,49)(H,42,46)(H,43,50)(H,44,48)(H,45,51)(H,52,53)/t27-,28-,29-,30-,31-/m0/s1. The molecule has 0 aliphatic rings. The van der Waals surface area contributed by atoms with Gasteiger partial charge in [0, 0.05) is 6.42 Å². The van der Waals surface area contributed by atoms with Crippen molar-refractivity contribution in [2.75, 3.05) is 25.1 Å². The summed E-state index contributed by atoms with van der Waals surface area (Å²) in [5.74, 6) is -5.41. The maximum atomic E-state index is 13.8. The minimum Gasteiger partial charge on any atom is -0.480 e. The van der Waals surface area contributed by atoms with Crippen molar-refractivity contribution in [2.45, 2.75) is 89.2 Å². The zero-order valence-corrected chi connectivity index (χ0v) is 32.4. The highest BCUT2D eigenvalue weighted by Crippen LogP contribution is 2.10. The second kappa shape index (κ2) is 25.1. The minimum atomic E-state index is -1.55. The molecule has 0 saturated heterocycles. The smallest absolute Gasteiger partial charge is 0.326 e. The summed E-state index contributed by atoms with van der Waals surface area (Å²) in [6.45, 7) is 3.21. The third-order valence-electron chi connectivity index (χ3n) is 8.23. The van der Waals surface area contributed by atoms with Gasteiger partial charge >= 0.3 is 11.9 Å². The van der Waals surface area contributed by atoms with E-state index < -0.39 is 84.6 Å². The van der Waals surface area contributed by atoms with Crippen molar-refractivity contribution in [3.8, 4) is 0 Å². The van der Waals surface area contributed by atoms with Crippen LogP contribution in [0.3, 0.4) is 0 Å². The molecule has 5 atom stereocenters. The molecule has 0 aliphatic heterocycles. The molecule has 16 nitrogen and oxygen atoms in total. The van der Waals surface area contributed by atoms with Gasteiger partial charge in [-0.3, -0.25) is 28.8 Å². The number of thioether (sulfide) groups is 1. The Morgan fingerprint density at radius 1 is 0.745 bits per heavy atom. The fourth-order valence-corrected chi connectivity index (χ4v) is 5.73. The summed E-state index contributed by atoms with van der Waals surface area (Å²) < 4.78 is 5.36. The summed E-state index contributed by atoms with van der Waals surface area (Å²) in [5, 5.41) is 22.2. The van der Waals surface area contributed by atoms with Crippen molar-refractivity contribution in [1.29, 1.82) is 0 Å². The summed E-state index contributed by atoms with van der Waals surface area (Å²) in [7, 11) is 0. The van der Waals surface area contributed by atoms with Crippen molar-refractivity contribution in [1.82, 2.24) is 26.6 Å². The van der Waals surface area contributed by atoms with Gasteiger partial charge < -0.3 is 47.9 Å². The first-order valence-electron chi connectivity index (χ1n) is 18.1. The zero-order chi connectivity index (χ0) is 40.8. The number of amides is 5. The topological polar surface area (TPSA) is 261 Å². The molecule has 0 aromatic heterocycles. The normalized spacial score (nSPS) is 13.6. The number of ether oxygens (including phenoxy) is 1. The number of carboxylic acid groups (broad SMARTS) is 1. The molecule has 0 fully saturated rings. The molecule has 55 heavy (non-hydrogen) atoms. The van der Waals surface area contributed by atoms with Crippen molar-refractivity contribution in [2.24, 2.45) is 17.4 Å². The van der Waals surface area contributed by atoms with E-state index in [2.05, 4.69) is 26.6 Å². The fraction of sp³-hybridized carbons (Fsp3) is 0.500. The Kier molecular flexibility index (Phi) is 21.1. The van der Waals surface area contributed by atoms with E-state index in [1.54, 1.807) is 60.7 Å². The Morgan fingerprint density at radius 2 is 1.33 bits per heavy atom. The van der Waals surface area contributed by atoms with Gasteiger partial charge in [-0.25, -0.2) is 4.79 Å². The van der Waals surface area contributed by atoms with Crippen LogP contribution in [-0.2, 0) is 51.3 Å². The number of carboxylic acids is 1. The van der Waals surface area contributed by atoms with Crippen LogP contribution < -0.4 is 38.1 Å². The highest BCUT2D eigenvalue weighted by Gasteiger charge is 2.31. The predicted molar refractivity (Wildman–Crippen MR) is 208 cm³/mol. The summed E-state index contributed by atoms with van der Waals surface area (Å²) >= 11 is 1.42. The lowest BCUT2D eigenvalue weighted by Gasteiger charge is -2.25. The van der Waals surface area contributed by atoms with Crippen LogP contribution in [0.5, 0.6) is 0 Å². The van der Waals surface area contributed by atoms with Crippen molar-refractivity contribution in [3.63, 3.8) is 0 Å². The highest BCUT2D eigenvalue weighted by molar-refractivity contribution is 7.98. The van der Waals surface area contributed by atoms with Crippen molar-refractivity contribution >= 4 is 53.2 Å². The molecule has 0 aliphatic carbocycles. The third-order valence-corrected chi connectivity index (χ3v) is 8.87. The molecular weight excluding hydrogens is 731 g/mol. The lowest BCUT2D eigenvalue weighted by Crippen LogP contribution is -2.57. The molecule has 302 valence electrons. The monoisotopic (exact) mass is 785 g/mol. The molecule has 0 unspecified atom stereocenters. The second-order valence-electron chi connectivity index (χ2n) is 13.3. The van der Waals surface area contributed by atoms with Gasteiger partial charge in [0.1, 0.15) is 30.8 Å². The average molecular weight is 786 g/mol. The molecule has 5 amide bonds. The van der Waals surface area contributed by atoms with E-state index in [1.807, 2.05) is 20.1 Å². The lowest BCUT2D eigenvalue weighted by atomic mass is 10.0. The van der Waals surface area contributed by atoms with Crippen LogP contribution in [0.1, 0.15) is 57.1 Å². The minimum absolute atomic E-state index is 0.0243. The molecule has 2 aromatic carbocycles. The molecule has 2 aromatic rings. The quantitative estimate of drug-likeness (QED) is 0.0636. The molecule has 0 saturated carbocycles. The van der Waals surface area contributed by atoms with Gasteiger partial charge in [0.2, 0.25) is 29.5 Å². The van der Waals surface area contributed by atoms with E-state index >= 15 is 0 Å². The molecular formula is C38H55N7O9S. The SMILES string of the molecule is CSCC[C@H](NC(=O)[C@H](CC(C)C)NC(=O)CNC(=O)[C@H](CC(=O)OCc1ccccc1)NC(=O)[C@H](Cc1ccccc1)NC(=O)[C@@H](N)CCCN)C(=O)O. The number of carbonyl (C=O) groups is 7. The van der Waals surface area contributed by atoms with E-state index in [9.17, 15) is 38.7 Å². The molecule has 10 N–H and O–H groups in total. The van der Waals surface area contributed by atoms with E-state index in [0.29, 0.717) is 29.8 Å². The molecule has 0 heterocycles. The molecule has 17 heteroatoms. The highest BCUT2D eigenvalue weighted by atomic mass is 32.2. The van der Waals surface area contributed by atoms with E-state index in [1.165, 1.54) is 11.8 Å². The number of rotatable bonds is 25. The number of nitrogens with two attached hydrogens (primary N) is 2. The van der Waals surface area contributed by atoms with Gasteiger partial charge in [0.15, 0.2) is 0 Å². The molecule has 0 radical (unpaired) electrons. The Labute approximate surface area is 326 Å². The number of hydrogen-bond acceptors (Lipinski definition) is 11. The van der Waals surface area contributed by atoms with Gasteiger partial charge in [-0.1, -0.05) is 74.5 Å². The second-order valence-corrected chi connectivity index (χ2v) is 14.3. The van der Waals surface area contributed by atoms with Crippen molar-refractivity contribution < 1.29 is 43.4 Å². The van der Waals surface area contributed by atoms with Gasteiger partial charge in [0.25, 0.3) is 0 Å². The first-order chi connectivity index (χ1) is 26.2. The van der Waals surface area contributed by atoms with Crippen LogP contribution in [0.15, 0.2) is 60.7 Å². The van der Waals surface area contributed by atoms with Crippen LogP contribution in [0.25, 0.3) is 0 Å². The van der Waals surface area contributed by atoms with Gasteiger partial charge in [-0.15, -0.1) is 0 Å². The molecule has 0 bridgehead atoms. The Hall–Kier alpha value is -5.00. The van der Waals surface area contributed by atoms with E-state index in [-0.39, 0.29) is 38.2 Å². The Morgan fingerprint density at radius 3 is 1.91 bits per heavy atom. The lowest BCUT2D eigenvalue weighted by molar-refractivity contribution is -0.147. The molecule has 2 rings (SSSR count). The van der Waals surface area contributed by atoms with Crippen LogP contribution in [0, 0.1) is 5.92 Å². The van der Waals surface area contributed by atoms with Gasteiger partial charge in [-0.05, 0) is 61.3 Å². The van der Waals surface area contributed by atoms with Crippen LogP contribution >= 0.6 is 11.8 Å². The van der Waals surface area contributed by atoms with Crippen LogP contribution in [-0.4, -0.2) is 102 Å². The number of nitrogens with one attached hydrogen (secondary N) is 5. The number of aliphatic carboxylic acids is 1. The number of esters is 1. The van der Waals surface area contributed by atoms with E-state index in [0.717, 1.165) is 0 Å². The fourth-order valence-electron chi connectivity index (χ4n) is 5.26. The van der Waals surface area contributed by atoms with Gasteiger partial charge in [-0.2, -0.15) is 11.8 Å². The zero-order valence-electron chi connectivity index (χ0n) is 31.6. The first kappa shape index (κ1) is 46.2. The average Bonchev–Trinajstić information content (AvgIpc) is 3.16. The molecule has 0 spiro atoms. The van der Waals surface area contributed by atoms with Crippen LogP contribution in [0.2, 0.25) is 0 Å². The van der Waals surface area contributed by atoms with Crippen LogP contribution in [0.4, 0.5) is 0 Å². The Balaban J connectivity index is 2.24.